The molecule has 6 aliphatic rings. The highest BCUT2D eigenvalue weighted by Crippen LogP contribution is 2.57. The molecule has 0 N–H and O–H groups in total. The first-order valence-electron chi connectivity index (χ1n) is 10.2. The van der Waals surface area contributed by atoms with Gasteiger partial charge in [0, 0.05) is 0 Å². The minimum Gasteiger partial charge on any atom is -0.373 e. The zero-order valence-corrected chi connectivity index (χ0v) is 15.2. The van der Waals surface area contributed by atoms with Gasteiger partial charge in [0.2, 0.25) is 11.8 Å². The maximum atomic E-state index is 12.7. The molecule has 0 aromatic rings. The summed E-state index contributed by atoms with van der Waals surface area (Å²) < 4.78 is 6.42. The third-order valence-corrected chi connectivity index (χ3v) is 7.62. The molecule has 4 saturated carbocycles. The molecule has 1 saturated heterocycles. The lowest BCUT2D eigenvalue weighted by Gasteiger charge is -2.56. The largest absolute Gasteiger partial charge is 0.373 e. The SMILES string of the molecule is CC1=CC[C@@H]2C(=O)N(CCOC34CC5CC(CC(C5)C3)C4)C(=O)[C@H]2C1. The predicted molar refractivity (Wildman–Crippen MR) is 93.5 cm³/mol. The molecular weight excluding hydrogens is 314 g/mol. The van der Waals surface area contributed by atoms with Crippen molar-refractivity contribution in [2.45, 2.75) is 63.9 Å². The Hall–Kier alpha value is -1.16. The molecule has 0 unspecified atom stereocenters. The van der Waals surface area contributed by atoms with E-state index < -0.39 is 0 Å². The zero-order valence-electron chi connectivity index (χ0n) is 15.2. The average molecular weight is 343 g/mol. The van der Waals surface area contributed by atoms with E-state index in [0.29, 0.717) is 13.2 Å². The van der Waals surface area contributed by atoms with Gasteiger partial charge in [0.05, 0.1) is 30.6 Å². The first-order chi connectivity index (χ1) is 12.0. The highest BCUT2D eigenvalue weighted by molar-refractivity contribution is 6.05. The molecule has 2 amide bonds. The Morgan fingerprint density at radius 1 is 1.04 bits per heavy atom. The molecule has 4 nitrogen and oxygen atoms in total. The van der Waals surface area contributed by atoms with Crippen LogP contribution in [0, 0.1) is 29.6 Å². The van der Waals surface area contributed by atoms with Gasteiger partial charge in [-0.25, -0.2) is 0 Å². The van der Waals surface area contributed by atoms with Crippen LogP contribution >= 0.6 is 0 Å². The predicted octanol–water partition coefficient (Wildman–Crippen LogP) is 3.31. The number of amides is 2. The van der Waals surface area contributed by atoms with Crippen LogP contribution in [-0.2, 0) is 14.3 Å². The van der Waals surface area contributed by atoms with Crippen molar-refractivity contribution >= 4 is 11.8 Å². The Morgan fingerprint density at radius 3 is 2.28 bits per heavy atom. The molecule has 2 atom stereocenters. The molecule has 4 heteroatoms. The van der Waals surface area contributed by atoms with Crippen molar-refractivity contribution in [2.24, 2.45) is 29.6 Å². The van der Waals surface area contributed by atoms with E-state index in [1.165, 1.54) is 49.0 Å². The van der Waals surface area contributed by atoms with E-state index in [-0.39, 0.29) is 29.3 Å². The summed E-state index contributed by atoms with van der Waals surface area (Å²) in [6.45, 7) is 3.04. The van der Waals surface area contributed by atoms with Crippen molar-refractivity contribution in [3.8, 4) is 0 Å². The molecule has 136 valence electrons. The number of fused-ring (bicyclic) bond motifs is 1. The summed E-state index contributed by atoms with van der Waals surface area (Å²) in [7, 11) is 0. The quantitative estimate of drug-likeness (QED) is 0.581. The van der Waals surface area contributed by atoms with Gasteiger partial charge in [0.1, 0.15) is 0 Å². The van der Waals surface area contributed by atoms with Crippen molar-refractivity contribution < 1.29 is 14.3 Å². The molecule has 0 spiro atoms. The van der Waals surface area contributed by atoms with E-state index in [1.54, 1.807) is 0 Å². The number of likely N-dealkylation sites (tertiary alicyclic amines) is 1. The van der Waals surface area contributed by atoms with E-state index in [1.807, 2.05) is 0 Å². The van der Waals surface area contributed by atoms with Gasteiger partial charge in [-0.05, 0) is 76.0 Å². The van der Waals surface area contributed by atoms with Gasteiger partial charge in [0.25, 0.3) is 0 Å². The molecule has 4 bridgehead atoms. The third kappa shape index (κ3) is 2.59. The minimum atomic E-state index is -0.115. The molecule has 0 radical (unpaired) electrons. The van der Waals surface area contributed by atoms with Crippen LogP contribution in [0.1, 0.15) is 58.3 Å². The second-order valence-electron chi connectivity index (χ2n) is 9.48. The van der Waals surface area contributed by atoms with Crippen LogP contribution in [0.3, 0.4) is 0 Å². The van der Waals surface area contributed by atoms with Crippen LogP contribution in [0.15, 0.2) is 11.6 Å². The van der Waals surface area contributed by atoms with E-state index in [0.717, 1.165) is 30.6 Å². The number of carbonyl (C=O) groups excluding carboxylic acids is 2. The zero-order chi connectivity index (χ0) is 17.2. The summed E-state index contributed by atoms with van der Waals surface area (Å²) in [6.07, 6.45) is 11.4. The van der Waals surface area contributed by atoms with Crippen LogP contribution < -0.4 is 0 Å². The fourth-order valence-corrected chi connectivity index (χ4v) is 6.89. The Kier molecular flexibility index (Phi) is 3.64. The van der Waals surface area contributed by atoms with Gasteiger partial charge in [-0.15, -0.1) is 0 Å². The van der Waals surface area contributed by atoms with Gasteiger partial charge in [-0.2, -0.15) is 0 Å². The molecule has 0 aromatic heterocycles. The van der Waals surface area contributed by atoms with Crippen molar-refractivity contribution in [3.05, 3.63) is 11.6 Å². The molecule has 5 fully saturated rings. The van der Waals surface area contributed by atoms with E-state index in [9.17, 15) is 9.59 Å². The maximum absolute atomic E-state index is 12.7. The van der Waals surface area contributed by atoms with Gasteiger partial charge in [0.15, 0.2) is 0 Å². The van der Waals surface area contributed by atoms with Crippen molar-refractivity contribution in [2.75, 3.05) is 13.2 Å². The number of nitrogens with zero attached hydrogens (tertiary/aromatic N) is 1. The summed E-state index contributed by atoms with van der Waals surface area (Å²) in [5, 5.41) is 0. The first-order valence-corrected chi connectivity index (χ1v) is 10.2. The monoisotopic (exact) mass is 343 g/mol. The van der Waals surface area contributed by atoms with Crippen molar-refractivity contribution in [3.63, 3.8) is 0 Å². The molecule has 1 aliphatic heterocycles. The lowest BCUT2D eigenvalue weighted by Crippen LogP contribution is -2.52. The average Bonchev–Trinajstić information content (AvgIpc) is 2.78. The molecule has 6 rings (SSSR count). The summed E-state index contributed by atoms with van der Waals surface area (Å²) in [4.78, 5) is 26.8. The van der Waals surface area contributed by atoms with Crippen LogP contribution in [0.4, 0.5) is 0 Å². The van der Waals surface area contributed by atoms with Crippen LogP contribution in [-0.4, -0.2) is 35.5 Å². The summed E-state index contributed by atoms with van der Waals surface area (Å²) in [5.41, 5.74) is 1.31. The van der Waals surface area contributed by atoms with E-state index >= 15 is 0 Å². The Balaban J connectivity index is 1.21. The summed E-state index contributed by atoms with van der Waals surface area (Å²) in [5.74, 6) is 2.42. The highest BCUT2D eigenvalue weighted by Gasteiger charge is 2.52. The lowest BCUT2D eigenvalue weighted by atomic mass is 9.54. The smallest absolute Gasteiger partial charge is 0.233 e. The van der Waals surface area contributed by atoms with Gasteiger partial charge < -0.3 is 4.74 Å². The molecular formula is C21H29NO3. The number of carbonyl (C=O) groups is 2. The Labute approximate surface area is 150 Å². The number of ether oxygens (including phenoxy) is 1. The van der Waals surface area contributed by atoms with Crippen molar-refractivity contribution in [1.82, 2.24) is 4.90 Å². The molecule has 1 heterocycles. The standard InChI is InChI=1S/C21H29NO3/c1-13-2-3-17-18(6-13)20(24)22(19(17)23)4-5-25-21-10-14-7-15(11-21)9-16(8-14)12-21/h2,14-18H,3-12H2,1H3/t14?,15?,16?,17-,18-,21?/m0/s1. The maximum Gasteiger partial charge on any atom is 0.233 e. The molecule has 0 aromatic carbocycles. The third-order valence-electron chi connectivity index (χ3n) is 7.62. The second kappa shape index (κ2) is 5.67. The number of imide groups is 1. The lowest BCUT2D eigenvalue weighted by molar-refractivity contribution is -0.167. The van der Waals surface area contributed by atoms with E-state index in [4.69, 9.17) is 4.74 Å². The molecule has 5 aliphatic carbocycles. The number of allylic oxidation sites excluding steroid dienone is 2. The van der Waals surface area contributed by atoms with E-state index in [2.05, 4.69) is 13.0 Å². The van der Waals surface area contributed by atoms with Crippen LogP contribution in [0.5, 0.6) is 0 Å². The Bertz CT molecular complexity index is 602. The molecule has 25 heavy (non-hydrogen) atoms. The van der Waals surface area contributed by atoms with Gasteiger partial charge in [-0.1, -0.05) is 11.6 Å². The minimum absolute atomic E-state index is 0.0351. The summed E-state index contributed by atoms with van der Waals surface area (Å²) >= 11 is 0. The number of hydrogen-bond donors (Lipinski definition) is 0. The van der Waals surface area contributed by atoms with Crippen molar-refractivity contribution in [1.29, 1.82) is 0 Å². The number of rotatable bonds is 4. The van der Waals surface area contributed by atoms with Gasteiger partial charge in [-0.3, -0.25) is 14.5 Å². The Morgan fingerprint density at radius 2 is 1.64 bits per heavy atom. The fourth-order valence-electron chi connectivity index (χ4n) is 6.89. The summed E-state index contributed by atoms with van der Waals surface area (Å²) in [6, 6.07) is 0. The van der Waals surface area contributed by atoms with Gasteiger partial charge >= 0.3 is 0 Å². The second-order valence-corrected chi connectivity index (χ2v) is 9.48. The fraction of sp³-hybridized carbons (Fsp3) is 0.810. The topological polar surface area (TPSA) is 46.6 Å². The van der Waals surface area contributed by atoms with Crippen LogP contribution in [0.2, 0.25) is 0 Å². The highest BCUT2D eigenvalue weighted by atomic mass is 16.5. The first kappa shape index (κ1) is 16.0. The number of hydrogen-bond acceptors (Lipinski definition) is 3. The van der Waals surface area contributed by atoms with Crippen LogP contribution in [0.25, 0.3) is 0 Å². The normalized spacial score (nSPS) is 45.1.